The first-order valence-electron chi connectivity index (χ1n) is 5.39. The minimum absolute atomic E-state index is 0.161. The summed E-state index contributed by atoms with van der Waals surface area (Å²) in [5, 5.41) is 11.7. The minimum atomic E-state index is -0.514. The molecule has 1 atom stereocenters. The molecule has 0 radical (unpaired) electrons. The first-order valence-corrected chi connectivity index (χ1v) is 5.39. The molecule has 0 spiro atoms. The van der Waals surface area contributed by atoms with Crippen LogP contribution in [0.1, 0.15) is 12.0 Å². The number of hydrogen-bond donors (Lipinski definition) is 2. The second-order valence-corrected chi connectivity index (χ2v) is 3.92. The molecule has 1 fully saturated rings. The standard InChI is InChI=1S/C12H13NO4/c14-9-3-1-8(2-4-9)7-11(15)13-10-5-6-17-12(10)16/h1-4,10,14H,5-7H2,(H,13,15). The topological polar surface area (TPSA) is 75.6 Å². The molecule has 0 saturated carbocycles. The van der Waals surface area contributed by atoms with E-state index in [0.717, 1.165) is 5.56 Å². The number of benzene rings is 1. The monoisotopic (exact) mass is 235 g/mol. The van der Waals surface area contributed by atoms with E-state index in [2.05, 4.69) is 5.32 Å². The van der Waals surface area contributed by atoms with Crippen molar-refractivity contribution in [2.24, 2.45) is 0 Å². The number of ether oxygens (including phenoxy) is 1. The fourth-order valence-electron chi connectivity index (χ4n) is 1.67. The Balaban J connectivity index is 1.88. The molecule has 1 heterocycles. The number of nitrogens with one attached hydrogen (secondary N) is 1. The Morgan fingerprint density at radius 3 is 2.71 bits per heavy atom. The first kappa shape index (κ1) is 11.4. The molecule has 1 unspecified atom stereocenters. The number of phenols is 1. The van der Waals surface area contributed by atoms with Crippen molar-refractivity contribution in [2.75, 3.05) is 6.61 Å². The molecule has 1 aliphatic rings. The molecule has 90 valence electrons. The Bertz CT molecular complexity index is 427. The lowest BCUT2D eigenvalue weighted by atomic mass is 10.1. The van der Waals surface area contributed by atoms with Crippen molar-refractivity contribution in [3.8, 4) is 5.75 Å². The first-order chi connectivity index (χ1) is 8.15. The zero-order valence-electron chi connectivity index (χ0n) is 9.18. The van der Waals surface area contributed by atoms with E-state index in [-0.39, 0.29) is 24.0 Å². The van der Waals surface area contributed by atoms with Gasteiger partial charge < -0.3 is 15.2 Å². The van der Waals surface area contributed by atoms with Crippen LogP contribution in [0, 0.1) is 0 Å². The smallest absolute Gasteiger partial charge is 0.328 e. The summed E-state index contributed by atoms with van der Waals surface area (Å²) >= 11 is 0. The zero-order valence-corrected chi connectivity index (χ0v) is 9.18. The van der Waals surface area contributed by atoms with Gasteiger partial charge in [-0.15, -0.1) is 0 Å². The van der Waals surface area contributed by atoms with Gasteiger partial charge in [0.15, 0.2) is 0 Å². The van der Waals surface area contributed by atoms with Gasteiger partial charge in [-0.05, 0) is 17.7 Å². The van der Waals surface area contributed by atoms with Gasteiger partial charge in [0.2, 0.25) is 5.91 Å². The lowest BCUT2D eigenvalue weighted by molar-refractivity contribution is -0.141. The maximum atomic E-state index is 11.6. The van der Waals surface area contributed by atoms with Crippen LogP contribution in [0.15, 0.2) is 24.3 Å². The number of hydrogen-bond acceptors (Lipinski definition) is 4. The van der Waals surface area contributed by atoms with Crippen molar-refractivity contribution in [3.63, 3.8) is 0 Å². The largest absolute Gasteiger partial charge is 0.508 e. The van der Waals surface area contributed by atoms with Crippen LogP contribution >= 0.6 is 0 Å². The molecule has 1 amide bonds. The van der Waals surface area contributed by atoms with Crippen molar-refractivity contribution >= 4 is 11.9 Å². The number of carbonyl (C=O) groups is 2. The van der Waals surface area contributed by atoms with Gasteiger partial charge in [0.1, 0.15) is 11.8 Å². The zero-order chi connectivity index (χ0) is 12.3. The molecule has 1 aliphatic heterocycles. The predicted octanol–water partition coefficient (Wildman–Crippen LogP) is 0.366. The molecule has 5 nitrogen and oxygen atoms in total. The van der Waals surface area contributed by atoms with Crippen molar-refractivity contribution in [1.29, 1.82) is 0 Å². The van der Waals surface area contributed by atoms with E-state index in [1.54, 1.807) is 12.1 Å². The van der Waals surface area contributed by atoms with Crippen LogP contribution < -0.4 is 5.32 Å². The number of cyclic esters (lactones) is 1. The summed E-state index contributed by atoms with van der Waals surface area (Å²) in [6.45, 7) is 0.364. The van der Waals surface area contributed by atoms with E-state index >= 15 is 0 Å². The molecular formula is C12H13NO4. The normalized spacial score (nSPS) is 18.8. The molecule has 0 bridgehead atoms. The summed E-state index contributed by atoms with van der Waals surface area (Å²) in [5.41, 5.74) is 0.784. The van der Waals surface area contributed by atoms with Crippen LogP contribution in [0.3, 0.4) is 0 Å². The number of aromatic hydroxyl groups is 1. The SMILES string of the molecule is O=C(Cc1ccc(O)cc1)NC1CCOC1=O. The third-order valence-electron chi connectivity index (χ3n) is 2.57. The van der Waals surface area contributed by atoms with E-state index in [4.69, 9.17) is 9.84 Å². The average molecular weight is 235 g/mol. The second-order valence-electron chi connectivity index (χ2n) is 3.92. The Morgan fingerprint density at radius 2 is 2.12 bits per heavy atom. The van der Waals surface area contributed by atoms with Gasteiger partial charge in [0.25, 0.3) is 0 Å². The summed E-state index contributed by atoms with van der Waals surface area (Å²) in [5.74, 6) is -0.433. The highest BCUT2D eigenvalue weighted by atomic mass is 16.5. The van der Waals surface area contributed by atoms with Crippen LogP contribution in [0.4, 0.5) is 0 Å². The van der Waals surface area contributed by atoms with Crippen molar-refractivity contribution in [2.45, 2.75) is 18.9 Å². The highest BCUT2D eigenvalue weighted by Crippen LogP contribution is 2.11. The van der Waals surface area contributed by atoms with Crippen LogP contribution in [0.2, 0.25) is 0 Å². The van der Waals surface area contributed by atoms with Crippen LogP contribution in [0.25, 0.3) is 0 Å². The number of amides is 1. The number of rotatable bonds is 3. The van der Waals surface area contributed by atoms with E-state index < -0.39 is 6.04 Å². The molecule has 1 saturated heterocycles. The number of carbonyl (C=O) groups excluding carboxylic acids is 2. The molecular weight excluding hydrogens is 222 g/mol. The summed E-state index contributed by atoms with van der Waals surface area (Å²) < 4.78 is 4.75. The van der Waals surface area contributed by atoms with Gasteiger partial charge in [-0.25, -0.2) is 4.79 Å². The molecule has 2 rings (SSSR count). The highest BCUT2D eigenvalue weighted by molar-refractivity contribution is 5.86. The third kappa shape index (κ3) is 2.96. The summed E-state index contributed by atoms with van der Waals surface area (Å²) in [6.07, 6.45) is 0.713. The van der Waals surface area contributed by atoms with E-state index in [9.17, 15) is 9.59 Å². The number of esters is 1. The second kappa shape index (κ2) is 4.86. The third-order valence-corrected chi connectivity index (χ3v) is 2.57. The Labute approximate surface area is 98.4 Å². The van der Waals surface area contributed by atoms with Crippen molar-refractivity contribution in [3.05, 3.63) is 29.8 Å². The summed E-state index contributed by atoms with van der Waals surface area (Å²) in [6, 6.07) is 5.86. The van der Waals surface area contributed by atoms with Gasteiger partial charge in [-0.2, -0.15) is 0 Å². The van der Waals surface area contributed by atoms with E-state index in [0.29, 0.717) is 13.0 Å². The van der Waals surface area contributed by atoms with E-state index in [1.807, 2.05) is 0 Å². The quantitative estimate of drug-likeness (QED) is 0.742. The molecule has 1 aromatic rings. The van der Waals surface area contributed by atoms with Gasteiger partial charge >= 0.3 is 5.97 Å². The molecule has 17 heavy (non-hydrogen) atoms. The fraction of sp³-hybridized carbons (Fsp3) is 0.333. The minimum Gasteiger partial charge on any atom is -0.508 e. The summed E-state index contributed by atoms with van der Waals surface area (Å²) in [4.78, 5) is 22.8. The fourth-order valence-corrected chi connectivity index (χ4v) is 1.67. The molecule has 0 aliphatic carbocycles. The molecule has 5 heteroatoms. The average Bonchev–Trinajstić information content (AvgIpc) is 2.68. The van der Waals surface area contributed by atoms with Crippen molar-refractivity contribution < 1.29 is 19.4 Å². The van der Waals surface area contributed by atoms with Crippen molar-refractivity contribution in [1.82, 2.24) is 5.32 Å². The lowest BCUT2D eigenvalue weighted by Gasteiger charge is -2.08. The maximum absolute atomic E-state index is 11.6. The molecule has 2 N–H and O–H groups in total. The lowest BCUT2D eigenvalue weighted by Crippen LogP contribution is -2.38. The maximum Gasteiger partial charge on any atom is 0.328 e. The van der Waals surface area contributed by atoms with Crippen LogP contribution in [-0.2, 0) is 20.7 Å². The van der Waals surface area contributed by atoms with E-state index in [1.165, 1.54) is 12.1 Å². The Hall–Kier alpha value is -2.04. The Kier molecular flexibility index (Phi) is 3.27. The Morgan fingerprint density at radius 1 is 1.41 bits per heavy atom. The molecule has 0 aromatic heterocycles. The van der Waals surface area contributed by atoms with Gasteiger partial charge in [-0.3, -0.25) is 4.79 Å². The van der Waals surface area contributed by atoms with Gasteiger partial charge in [0, 0.05) is 6.42 Å². The van der Waals surface area contributed by atoms with Crippen LogP contribution in [0.5, 0.6) is 5.75 Å². The van der Waals surface area contributed by atoms with Gasteiger partial charge in [0.05, 0.1) is 13.0 Å². The highest BCUT2D eigenvalue weighted by Gasteiger charge is 2.27. The van der Waals surface area contributed by atoms with Gasteiger partial charge in [-0.1, -0.05) is 12.1 Å². The van der Waals surface area contributed by atoms with Crippen LogP contribution in [-0.4, -0.2) is 29.6 Å². The molecule has 1 aromatic carbocycles. The summed E-state index contributed by atoms with van der Waals surface area (Å²) in [7, 11) is 0. The number of phenolic OH excluding ortho intramolecular Hbond substituents is 1. The predicted molar refractivity (Wildman–Crippen MR) is 59.3 cm³/mol.